The molecule has 1 heterocycles. The zero-order valence-corrected chi connectivity index (χ0v) is 11.0. The lowest BCUT2D eigenvalue weighted by molar-refractivity contribution is -0.121. The van der Waals surface area contributed by atoms with Gasteiger partial charge in [0.1, 0.15) is 5.38 Å². The maximum Gasteiger partial charge on any atom is 0.315 e. The number of hydrogen-bond donors (Lipinski definition) is 2. The Balaban J connectivity index is 1.60. The Morgan fingerprint density at radius 1 is 1.56 bits per heavy atom. The Labute approximate surface area is 110 Å². The van der Waals surface area contributed by atoms with E-state index in [0.29, 0.717) is 30.9 Å². The van der Waals surface area contributed by atoms with Crippen LogP contribution in [0.1, 0.15) is 43.9 Å². The van der Waals surface area contributed by atoms with Crippen LogP contribution in [0, 0.1) is 0 Å². The summed E-state index contributed by atoms with van der Waals surface area (Å²) < 4.78 is 5.26. The molecule has 0 saturated heterocycles. The van der Waals surface area contributed by atoms with Gasteiger partial charge in [-0.15, -0.1) is 16.7 Å². The maximum atomic E-state index is 11.4. The second-order valence-electron chi connectivity index (χ2n) is 4.43. The van der Waals surface area contributed by atoms with Crippen molar-refractivity contribution in [3.8, 4) is 0 Å². The molecule has 2 N–H and O–H groups in total. The first-order valence-corrected chi connectivity index (χ1v) is 6.59. The highest BCUT2D eigenvalue weighted by molar-refractivity contribution is 6.20. The molecule has 0 aromatic carbocycles. The molecule has 1 amide bonds. The highest BCUT2D eigenvalue weighted by atomic mass is 35.5. The Kier molecular flexibility index (Phi) is 4.41. The number of nitrogens with one attached hydrogen (secondary N) is 2. The number of rotatable bonds is 7. The van der Waals surface area contributed by atoms with Crippen molar-refractivity contribution in [1.82, 2.24) is 15.5 Å². The van der Waals surface area contributed by atoms with Gasteiger partial charge in [0, 0.05) is 19.0 Å². The van der Waals surface area contributed by atoms with Gasteiger partial charge in [0.05, 0.1) is 0 Å². The second-order valence-corrected chi connectivity index (χ2v) is 5.09. The maximum absolute atomic E-state index is 11.4. The predicted molar refractivity (Wildman–Crippen MR) is 67.5 cm³/mol. The average Bonchev–Trinajstić information content (AvgIpc) is 2.99. The number of amides is 1. The van der Waals surface area contributed by atoms with Crippen molar-refractivity contribution in [1.29, 1.82) is 0 Å². The minimum absolute atomic E-state index is 0.111. The minimum Gasteiger partial charge on any atom is -0.407 e. The first-order chi connectivity index (χ1) is 8.65. The SMILES string of the molecule is CC(Cl)c1nnc(NCCCC(=O)NC2CC2)o1. The van der Waals surface area contributed by atoms with Crippen molar-refractivity contribution in [3.05, 3.63) is 5.89 Å². The molecule has 2 rings (SSSR count). The third kappa shape index (κ3) is 4.18. The lowest BCUT2D eigenvalue weighted by Gasteiger charge is -2.03. The van der Waals surface area contributed by atoms with Gasteiger partial charge in [0.15, 0.2) is 0 Å². The van der Waals surface area contributed by atoms with E-state index in [1.54, 1.807) is 6.92 Å². The molecular weight excluding hydrogens is 256 g/mol. The van der Waals surface area contributed by atoms with Gasteiger partial charge in [-0.3, -0.25) is 4.79 Å². The number of anilines is 1. The van der Waals surface area contributed by atoms with Crippen molar-refractivity contribution in [3.63, 3.8) is 0 Å². The normalized spacial score (nSPS) is 16.3. The average molecular weight is 273 g/mol. The van der Waals surface area contributed by atoms with Crippen LogP contribution in [0.4, 0.5) is 6.01 Å². The summed E-state index contributed by atoms with van der Waals surface area (Å²) in [7, 11) is 0. The Bertz CT molecular complexity index is 404. The first-order valence-electron chi connectivity index (χ1n) is 6.16. The highest BCUT2D eigenvalue weighted by Crippen LogP contribution is 2.19. The summed E-state index contributed by atoms with van der Waals surface area (Å²) in [6, 6.07) is 0.772. The van der Waals surface area contributed by atoms with E-state index in [1.165, 1.54) is 0 Å². The number of alkyl halides is 1. The van der Waals surface area contributed by atoms with Gasteiger partial charge in [-0.1, -0.05) is 5.10 Å². The summed E-state index contributed by atoms with van der Waals surface area (Å²) in [4.78, 5) is 11.4. The molecule has 0 bridgehead atoms. The fourth-order valence-corrected chi connectivity index (χ4v) is 1.53. The summed E-state index contributed by atoms with van der Waals surface area (Å²) in [5.74, 6) is 0.505. The largest absolute Gasteiger partial charge is 0.407 e. The van der Waals surface area contributed by atoms with Crippen LogP contribution in [0.3, 0.4) is 0 Å². The van der Waals surface area contributed by atoms with E-state index in [2.05, 4.69) is 20.8 Å². The van der Waals surface area contributed by atoms with Crippen LogP contribution < -0.4 is 10.6 Å². The van der Waals surface area contributed by atoms with E-state index in [4.69, 9.17) is 16.0 Å². The Morgan fingerprint density at radius 3 is 2.94 bits per heavy atom. The molecular formula is C11H17ClN4O2. The van der Waals surface area contributed by atoms with Crippen LogP contribution in [0.15, 0.2) is 4.42 Å². The van der Waals surface area contributed by atoms with Gasteiger partial charge >= 0.3 is 6.01 Å². The molecule has 1 saturated carbocycles. The van der Waals surface area contributed by atoms with Crippen molar-refractivity contribution in [2.75, 3.05) is 11.9 Å². The second kappa shape index (κ2) is 6.04. The molecule has 7 heteroatoms. The molecule has 1 aromatic rings. The zero-order chi connectivity index (χ0) is 13.0. The quantitative estimate of drug-likeness (QED) is 0.585. The molecule has 0 aliphatic heterocycles. The number of aromatic nitrogens is 2. The monoisotopic (exact) mass is 272 g/mol. The fraction of sp³-hybridized carbons (Fsp3) is 0.727. The molecule has 1 unspecified atom stereocenters. The smallest absolute Gasteiger partial charge is 0.315 e. The van der Waals surface area contributed by atoms with Gasteiger partial charge < -0.3 is 15.1 Å². The van der Waals surface area contributed by atoms with Crippen molar-refractivity contribution < 1.29 is 9.21 Å². The van der Waals surface area contributed by atoms with Crippen molar-refractivity contribution in [2.24, 2.45) is 0 Å². The lowest BCUT2D eigenvalue weighted by atomic mass is 10.3. The molecule has 100 valence electrons. The topological polar surface area (TPSA) is 80.0 Å². The van der Waals surface area contributed by atoms with Crippen LogP contribution in [-0.4, -0.2) is 28.7 Å². The summed E-state index contributed by atoms with van der Waals surface area (Å²) >= 11 is 5.80. The minimum atomic E-state index is -0.294. The number of halogens is 1. The molecule has 1 fully saturated rings. The predicted octanol–water partition coefficient (Wildman–Crippen LogP) is 1.84. The molecule has 18 heavy (non-hydrogen) atoms. The summed E-state index contributed by atoms with van der Waals surface area (Å²) in [6.07, 6.45) is 3.47. The number of hydrogen-bond acceptors (Lipinski definition) is 5. The standard InChI is InChI=1S/C11H17ClN4O2/c1-7(12)10-15-16-11(18-10)13-6-2-3-9(17)14-8-4-5-8/h7-8H,2-6H2,1H3,(H,13,16)(H,14,17). The van der Waals surface area contributed by atoms with E-state index in [1.807, 2.05) is 0 Å². The summed E-state index contributed by atoms with van der Waals surface area (Å²) in [5, 5.41) is 13.2. The van der Waals surface area contributed by atoms with Crippen LogP contribution in [0.2, 0.25) is 0 Å². The van der Waals surface area contributed by atoms with Gasteiger partial charge in [0.25, 0.3) is 0 Å². The Hall–Kier alpha value is -1.30. The molecule has 1 aromatic heterocycles. The lowest BCUT2D eigenvalue weighted by Crippen LogP contribution is -2.25. The number of carbonyl (C=O) groups is 1. The highest BCUT2D eigenvalue weighted by Gasteiger charge is 2.22. The third-order valence-corrected chi connectivity index (χ3v) is 2.77. The number of carbonyl (C=O) groups excluding carboxylic acids is 1. The molecule has 0 spiro atoms. The fourth-order valence-electron chi connectivity index (χ4n) is 1.44. The van der Waals surface area contributed by atoms with Crippen LogP contribution in [-0.2, 0) is 4.79 Å². The zero-order valence-electron chi connectivity index (χ0n) is 10.3. The Morgan fingerprint density at radius 2 is 2.33 bits per heavy atom. The molecule has 6 nitrogen and oxygen atoms in total. The van der Waals surface area contributed by atoms with E-state index in [0.717, 1.165) is 19.3 Å². The number of nitrogens with zero attached hydrogens (tertiary/aromatic N) is 2. The van der Waals surface area contributed by atoms with Crippen LogP contribution in [0.5, 0.6) is 0 Å². The van der Waals surface area contributed by atoms with Gasteiger partial charge in [-0.05, 0) is 26.2 Å². The third-order valence-electron chi connectivity index (χ3n) is 2.58. The molecule has 1 aliphatic carbocycles. The van der Waals surface area contributed by atoms with Gasteiger partial charge in [-0.25, -0.2) is 0 Å². The van der Waals surface area contributed by atoms with E-state index >= 15 is 0 Å². The summed E-state index contributed by atoms with van der Waals surface area (Å²) in [6.45, 7) is 2.39. The molecule has 0 radical (unpaired) electrons. The van der Waals surface area contributed by atoms with E-state index in [9.17, 15) is 4.79 Å². The summed E-state index contributed by atoms with van der Waals surface area (Å²) in [5.41, 5.74) is 0. The van der Waals surface area contributed by atoms with Crippen molar-refractivity contribution >= 4 is 23.5 Å². The molecule has 1 atom stereocenters. The van der Waals surface area contributed by atoms with Crippen LogP contribution in [0.25, 0.3) is 0 Å². The van der Waals surface area contributed by atoms with E-state index in [-0.39, 0.29) is 11.3 Å². The van der Waals surface area contributed by atoms with E-state index < -0.39 is 0 Å². The van der Waals surface area contributed by atoms with Gasteiger partial charge in [-0.2, -0.15) is 0 Å². The van der Waals surface area contributed by atoms with Crippen LogP contribution >= 0.6 is 11.6 Å². The van der Waals surface area contributed by atoms with Gasteiger partial charge in [0.2, 0.25) is 11.8 Å². The van der Waals surface area contributed by atoms with Crippen molar-refractivity contribution in [2.45, 2.75) is 44.0 Å². The first kappa shape index (κ1) is 13.1. The molecule has 1 aliphatic rings.